The summed E-state index contributed by atoms with van der Waals surface area (Å²) in [6, 6.07) is 0.345. The molecule has 0 bridgehead atoms. The highest BCUT2D eigenvalue weighted by Gasteiger charge is 2.44. The van der Waals surface area contributed by atoms with Gasteiger partial charge in [0.05, 0.1) is 5.54 Å². The second-order valence-corrected chi connectivity index (χ2v) is 6.09. The normalized spacial score (nSPS) is 30.7. The summed E-state index contributed by atoms with van der Waals surface area (Å²) in [5, 5.41) is 3.10. The van der Waals surface area contributed by atoms with Crippen molar-refractivity contribution in [1.82, 2.24) is 5.32 Å². The van der Waals surface area contributed by atoms with Crippen LogP contribution in [0.4, 0.5) is 0 Å². The van der Waals surface area contributed by atoms with E-state index in [1.807, 2.05) is 18.7 Å². The van der Waals surface area contributed by atoms with E-state index >= 15 is 0 Å². The molecule has 1 saturated carbocycles. The molecule has 86 valence electrons. The molecule has 0 radical (unpaired) electrons. The molecule has 1 aliphatic carbocycles. The quantitative estimate of drug-likeness (QED) is 0.761. The van der Waals surface area contributed by atoms with E-state index in [1.165, 1.54) is 12.2 Å². The Morgan fingerprint density at radius 3 is 2.73 bits per heavy atom. The van der Waals surface area contributed by atoms with Crippen LogP contribution < -0.4 is 11.1 Å². The Kier molecular flexibility index (Phi) is 3.26. The molecule has 2 aliphatic rings. The van der Waals surface area contributed by atoms with Gasteiger partial charge in [-0.3, -0.25) is 4.79 Å². The molecule has 0 aromatic carbocycles. The fourth-order valence-electron chi connectivity index (χ4n) is 2.06. The minimum absolute atomic E-state index is 0.0532. The van der Waals surface area contributed by atoms with Gasteiger partial charge < -0.3 is 11.1 Å². The standard InChI is InChI=1S/C11H20N2OS/c1-11(12,8-4-5-8)10(14)13-9-3-2-6-15-7-9/h8-9H,2-7,12H2,1H3,(H,13,14). The zero-order chi connectivity index (χ0) is 10.9. The Morgan fingerprint density at radius 2 is 2.20 bits per heavy atom. The first-order valence-electron chi connectivity index (χ1n) is 5.78. The van der Waals surface area contributed by atoms with E-state index in [1.54, 1.807) is 0 Å². The van der Waals surface area contributed by atoms with Crippen LogP contribution in [0.3, 0.4) is 0 Å². The minimum Gasteiger partial charge on any atom is -0.351 e. The number of nitrogens with two attached hydrogens (primary N) is 1. The van der Waals surface area contributed by atoms with Gasteiger partial charge in [-0.1, -0.05) is 0 Å². The van der Waals surface area contributed by atoms with E-state index in [0.29, 0.717) is 12.0 Å². The lowest BCUT2D eigenvalue weighted by Gasteiger charge is -2.29. The molecule has 1 saturated heterocycles. The number of hydrogen-bond acceptors (Lipinski definition) is 3. The number of thioether (sulfide) groups is 1. The van der Waals surface area contributed by atoms with Gasteiger partial charge in [-0.05, 0) is 44.3 Å². The second kappa shape index (κ2) is 4.34. The first kappa shape index (κ1) is 11.3. The van der Waals surface area contributed by atoms with Crippen molar-refractivity contribution in [2.45, 2.75) is 44.2 Å². The van der Waals surface area contributed by atoms with Gasteiger partial charge in [0.2, 0.25) is 5.91 Å². The molecule has 4 heteroatoms. The van der Waals surface area contributed by atoms with Crippen molar-refractivity contribution in [2.24, 2.45) is 11.7 Å². The third kappa shape index (κ3) is 2.67. The highest BCUT2D eigenvalue weighted by Crippen LogP contribution is 2.38. The van der Waals surface area contributed by atoms with Crippen LogP contribution in [0.15, 0.2) is 0 Å². The highest BCUT2D eigenvalue weighted by atomic mass is 32.2. The summed E-state index contributed by atoms with van der Waals surface area (Å²) >= 11 is 1.92. The van der Waals surface area contributed by atoms with Crippen molar-refractivity contribution in [3.63, 3.8) is 0 Å². The molecule has 15 heavy (non-hydrogen) atoms. The number of amides is 1. The van der Waals surface area contributed by atoms with Gasteiger partial charge in [0.1, 0.15) is 0 Å². The molecule has 2 rings (SSSR count). The summed E-state index contributed by atoms with van der Waals surface area (Å²) in [6.45, 7) is 1.87. The Hall–Kier alpha value is -0.220. The molecular formula is C11H20N2OS. The molecule has 3 nitrogen and oxygen atoms in total. The number of hydrogen-bond donors (Lipinski definition) is 2. The predicted molar refractivity (Wildman–Crippen MR) is 63.8 cm³/mol. The number of carbonyl (C=O) groups is 1. The van der Waals surface area contributed by atoms with Crippen LogP contribution in [-0.4, -0.2) is 29.0 Å². The van der Waals surface area contributed by atoms with Gasteiger partial charge >= 0.3 is 0 Å². The molecule has 1 amide bonds. The molecule has 2 fully saturated rings. The molecule has 1 heterocycles. The fourth-order valence-corrected chi connectivity index (χ4v) is 3.14. The van der Waals surface area contributed by atoms with Crippen LogP contribution in [0.5, 0.6) is 0 Å². The Morgan fingerprint density at radius 1 is 1.47 bits per heavy atom. The molecule has 1 aliphatic heterocycles. The monoisotopic (exact) mass is 228 g/mol. The number of rotatable bonds is 3. The van der Waals surface area contributed by atoms with E-state index in [2.05, 4.69) is 5.32 Å². The molecule has 2 atom stereocenters. The van der Waals surface area contributed by atoms with E-state index in [-0.39, 0.29) is 5.91 Å². The van der Waals surface area contributed by atoms with Crippen LogP contribution in [0.25, 0.3) is 0 Å². The van der Waals surface area contributed by atoms with Crippen LogP contribution in [0.1, 0.15) is 32.6 Å². The van der Waals surface area contributed by atoms with Crippen molar-refractivity contribution in [3.05, 3.63) is 0 Å². The number of carbonyl (C=O) groups excluding carboxylic acids is 1. The maximum atomic E-state index is 12.0. The van der Waals surface area contributed by atoms with Gasteiger partial charge in [-0.15, -0.1) is 0 Å². The van der Waals surface area contributed by atoms with Crippen LogP contribution in [0, 0.1) is 5.92 Å². The summed E-state index contributed by atoms with van der Waals surface area (Å²) in [4.78, 5) is 12.0. The second-order valence-electron chi connectivity index (χ2n) is 4.94. The SMILES string of the molecule is CC(N)(C(=O)NC1CCCSC1)C1CC1. The Labute approximate surface area is 95.6 Å². The Balaban J connectivity index is 1.84. The lowest BCUT2D eigenvalue weighted by molar-refractivity contribution is -0.127. The lowest BCUT2D eigenvalue weighted by atomic mass is 9.95. The number of nitrogens with one attached hydrogen (secondary N) is 1. The van der Waals surface area contributed by atoms with Crippen LogP contribution in [-0.2, 0) is 4.79 Å². The largest absolute Gasteiger partial charge is 0.351 e. The zero-order valence-electron chi connectivity index (χ0n) is 9.29. The van der Waals surface area contributed by atoms with Crippen LogP contribution in [0.2, 0.25) is 0 Å². The Bertz CT molecular complexity index is 245. The molecule has 3 N–H and O–H groups in total. The smallest absolute Gasteiger partial charge is 0.240 e. The summed E-state index contributed by atoms with van der Waals surface area (Å²) in [7, 11) is 0. The van der Waals surface area contributed by atoms with Gasteiger partial charge in [0.25, 0.3) is 0 Å². The van der Waals surface area contributed by atoms with E-state index in [4.69, 9.17) is 5.73 Å². The molecule has 0 aromatic heterocycles. The topological polar surface area (TPSA) is 55.1 Å². The average Bonchev–Trinajstić information content (AvgIpc) is 3.02. The van der Waals surface area contributed by atoms with E-state index in [9.17, 15) is 4.79 Å². The van der Waals surface area contributed by atoms with Crippen LogP contribution >= 0.6 is 11.8 Å². The minimum atomic E-state index is -0.637. The summed E-state index contributed by atoms with van der Waals surface area (Å²) < 4.78 is 0. The maximum absolute atomic E-state index is 12.0. The van der Waals surface area contributed by atoms with Crippen molar-refractivity contribution in [2.75, 3.05) is 11.5 Å². The van der Waals surface area contributed by atoms with E-state index in [0.717, 1.165) is 25.0 Å². The molecule has 2 unspecified atom stereocenters. The summed E-state index contributed by atoms with van der Waals surface area (Å²) in [5.41, 5.74) is 5.43. The van der Waals surface area contributed by atoms with Crippen molar-refractivity contribution >= 4 is 17.7 Å². The lowest BCUT2D eigenvalue weighted by Crippen LogP contribution is -2.56. The van der Waals surface area contributed by atoms with Crippen molar-refractivity contribution in [1.29, 1.82) is 0 Å². The van der Waals surface area contributed by atoms with Gasteiger partial charge in [0.15, 0.2) is 0 Å². The molecular weight excluding hydrogens is 208 g/mol. The molecule has 0 aromatic rings. The van der Waals surface area contributed by atoms with Crippen molar-refractivity contribution in [3.8, 4) is 0 Å². The summed E-state index contributed by atoms with van der Waals surface area (Å²) in [5.74, 6) is 2.74. The van der Waals surface area contributed by atoms with Crippen molar-refractivity contribution < 1.29 is 4.79 Å². The maximum Gasteiger partial charge on any atom is 0.240 e. The fraction of sp³-hybridized carbons (Fsp3) is 0.909. The third-order valence-electron chi connectivity index (χ3n) is 3.41. The third-order valence-corrected chi connectivity index (χ3v) is 4.63. The van der Waals surface area contributed by atoms with Gasteiger partial charge in [-0.2, -0.15) is 11.8 Å². The summed E-state index contributed by atoms with van der Waals surface area (Å²) in [6.07, 6.45) is 4.54. The zero-order valence-corrected chi connectivity index (χ0v) is 10.1. The van der Waals surface area contributed by atoms with E-state index < -0.39 is 5.54 Å². The first-order chi connectivity index (χ1) is 7.10. The highest BCUT2D eigenvalue weighted by molar-refractivity contribution is 7.99. The predicted octanol–water partition coefficient (Wildman–Crippen LogP) is 1.13. The average molecular weight is 228 g/mol. The first-order valence-corrected chi connectivity index (χ1v) is 6.94. The van der Waals surface area contributed by atoms with Gasteiger partial charge in [0, 0.05) is 11.8 Å². The molecule has 0 spiro atoms. The van der Waals surface area contributed by atoms with Gasteiger partial charge in [-0.25, -0.2) is 0 Å².